The Balaban J connectivity index is 0.00000715. The van der Waals surface area contributed by atoms with Gasteiger partial charge in [0.05, 0.1) is 57.2 Å². The summed E-state index contributed by atoms with van der Waals surface area (Å²) in [5.74, 6) is -0.203. The molecule has 0 aliphatic carbocycles. The zero-order chi connectivity index (χ0) is 47.9. The smallest absolute Gasteiger partial charge is 0.329 e. The summed E-state index contributed by atoms with van der Waals surface area (Å²) in [5.41, 5.74) is 1.92. The Labute approximate surface area is 389 Å². The lowest BCUT2D eigenvalue weighted by Crippen LogP contribution is -2.34. The zero-order valence-electron chi connectivity index (χ0n) is 39.1. The van der Waals surface area contributed by atoms with Gasteiger partial charge in [0, 0.05) is 36.8 Å². The number of benzene rings is 2. The number of esters is 1. The fourth-order valence-electron chi connectivity index (χ4n) is 6.08. The molecule has 4 N–H and O–H groups in total. The molecule has 0 saturated carbocycles. The lowest BCUT2D eigenvalue weighted by atomic mass is 9.81. The largest absolute Gasteiger partial charge is 0.493 e. The van der Waals surface area contributed by atoms with Crippen molar-refractivity contribution in [2.75, 3.05) is 77.3 Å². The average Bonchev–Trinajstić information content (AvgIpc) is 3.27. The lowest BCUT2D eigenvalue weighted by molar-refractivity contribution is -0.166. The molecule has 3 rings (SSSR count). The van der Waals surface area contributed by atoms with Crippen molar-refractivity contribution in [3.8, 4) is 5.75 Å². The van der Waals surface area contributed by atoms with Crippen molar-refractivity contribution in [2.45, 2.75) is 90.6 Å². The van der Waals surface area contributed by atoms with Crippen molar-refractivity contribution in [2.24, 2.45) is 11.3 Å². The van der Waals surface area contributed by atoms with Crippen LogP contribution in [0.3, 0.4) is 0 Å². The first-order valence-electron chi connectivity index (χ1n) is 22.0. The van der Waals surface area contributed by atoms with Gasteiger partial charge in [-0.2, -0.15) is 0 Å². The van der Waals surface area contributed by atoms with Crippen LogP contribution in [-0.2, 0) is 50.9 Å². The number of hydrogen-bond donors (Lipinski definition) is 4. The fourth-order valence-corrected chi connectivity index (χ4v) is 6.66. The van der Waals surface area contributed by atoms with E-state index in [2.05, 4.69) is 69.7 Å². The standard InChI is InChI=1S/C46H67N5O11S.C2H4/c1-34(29-46(5,6)43(56)62-45(2,3)4)9-7-8-10-35-11-13-36(14-12-35)19-22-61-38-15-17-39(18-16-38)63-51-44-49-30-37(31-50-44)42(55)48-21-24-58-25-27-59-32-40(52)47-20-23-57-26-28-60-33-41(53)54;1-2/h11-18,30-31,34H,7-10,19-29,32-33H2,1-6H3,(H,47,52)(H,48,55)(H,53,54)(H,49,50,51);1-2H2. The number of nitrogens with one attached hydrogen (secondary N) is 3. The summed E-state index contributed by atoms with van der Waals surface area (Å²) in [4.78, 5) is 56.6. The summed E-state index contributed by atoms with van der Waals surface area (Å²) in [6.45, 7) is 19.9. The summed E-state index contributed by atoms with van der Waals surface area (Å²) in [6, 6.07) is 16.5. The Hall–Kier alpha value is -5.07. The summed E-state index contributed by atoms with van der Waals surface area (Å²) in [6.07, 6.45) is 8.89. The predicted molar refractivity (Wildman–Crippen MR) is 252 cm³/mol. The minimum absolute atomic E-state index is 0.122. The predicted octanol–water partition coefficient (Wildman–Crippen LogP) is 7.12. The Morgan fingerprint density at radius 2 is 1.29 bits per heavy atom. The van der Waals surface area contributed by atoms with Gasteiger partial charge in [-0.25, -0.2) is 14.8 Å². The average molecular weight is 926 g/mol. The summed E-state index contributed by atoms with van der Waals surface area (Å²) < 4.78 is 35.5. The van der Waals surface area contributed by atoms with Crippen molar-refractivity contribution in [3.63, 3.8) is 0 Å². The van der Waals surface area contributed by atoms with Crippen LogP contribution in [-0.4, -0.2) is 117 Å². The van der Waals surface area contributed by atoms with Gasteiger partial charge in [-0.15, -0.1) is 13.2 Å². The number of aliphatic carboxylic acids is 1. The SMILES string of the molecule is C=C.CC(CCCCc1ccc(CCOc2ccc(SNc3ncc(C(=O)NCCOCCOCC(=O)NCCOCCOCC(=O)O)cn3)cc2)cc1)CC(C)(C)C(=O)OC(C)(C)C. The number of carbonyl (C=O) groups excluding carboxylic acids is 3. The number of ether oxygens (including phenoxy) is 6. The van der Waals surface area contributed by atoms with Crippen LogP contribution < -0.4 is 20.1 Å². The van der Waals surface area contributed by atoms with E-state index in [-0.39, 0.29) is 83.7 Å². The molecule has 17 heteroatoms. The van der Waals surface area contributed by atoms with Crippen LogP contribution in [0, 0.1) is 11.3 Å². The Kier molecular flexibility index (Phi) is 27.4. The maximum absolute atomic E-state index is 12.6. The summed E-state index contributed by atoms with van der Waals surface area (Å²) in [7, 11) is 0. The maximum Gasteiger partial charge on any atom is 0.329 e. The molecule has 1 atom stereocenters. The van der Waals surface area contributed by atoms with Gasteiger partial charge in [0.1, 0.15) is 24.6 Å². The van der Waals surface area contributed by atoms with Gasteiger partial charge in [0.2, 0.25) is 11.9 Å². The topological polar surface area (TPSA) is 206 Å². The monoisotopic (exact) mass is 925 g/mol. The molecule has 0 aliphatic heterocycles. The quantitative estimate of drug-likeness (QED) is 0.0213. The minimum Gasteiger partial charge on any atom is -0.493 e. The van der Waals surface area contributed by atoms with Crippen LogP contribution in [0.1, 0.15) is 88.7 Å². The molecule has 3 aromatic rings. The van der Waals surface area contributed by atoms with Gasteiger partial charge < -0.3 is 44.2 Å². The molecule has 0 spiro atoms. The Morgan fingerprint density at radius 1 is 0.723 bits per heavy atom. The van der Waals surface area contributed by atoms with Crippen molar-refractivity contribution in [3.05, 3.63) is 90.8 Å². The van der Waals surface area contributed by atoms with Crippen molar-refractivity contribution in [1.29, 1.82) is 0 Å². The van der Waals surface area contributed by atoms with Crippen molar-refractivity contribution < 1.29 is 52.7 Å². The number of unbranched alkanes of at least 4 members (excludes halogenated alkanes) is 1. The highest BCUT2D eigenvalue weighted by Gasteiger charge is 2.33. The van der Waals surface area contributed by atoms with Gasteiger partial charge in [0.15, 0.2) is 0 Å². The number of rotatable bonds is 32. The second kappa shape index (κ2) is 31.7. The third kappa shape index (κ3) is 26.5. The molecule has 1 aromatic heterocycles. The highest BCUT2D eigenvalue weighted by molar-refractivity contribution is 8.00. The molecular weight excluding hydrogens is 855 g/mol. The minimum atomic E-state index is -1.04. The van der Waals surface area contributed by atoms with Gasteiger partial charge in [-0.1, -0.05) is 44.0 Å². The van der Waals surface area contributed by atoms with Crippen LogP contribution in [0.4, 0.5) is 5.95 Å². The normalized spacial score (nSPS) is 11.7. The van der Waals surface area contributed by atoms with Crippen LogP contribution in [0.15, 0.2) is 79.0 Å². The molecule has 2 amide bonds. The van der Waals surface area contributed by atoms with Crippen LogP contribution in [0.2, 0.25) is 0 Å². The van der Waals surface area contributed by atoms with Crippen LogP contribution in [0.25, 0.3) is 0 Å². The number of carboxylic acid groups (broad SMARTS) is 1. The molecular formula is C48H71N5O11S. The molecule has 0 bridgehead atoms. The Morgan fingerprint density at radius 3 is 1.89 bits per heavy atom. The first kappa shape index (κ1) is 56.1. The highest BCUT2D eigenvalue weighted by Crippen LogP contribution is 2.31. The number of amides is 2. The second-order valence-corrected chi connectivity index (χ2v) is 17.5. The summed E-state index contributed by atoms with van der Waals surface area (Å²) in [5, 5.41) is 13.9. The molecule has 0 fully saturated rings. The number of hydrogen-bond acceptors (Lipinski definition) is 14. The van der Waals surface area contributed by atoms with Crippen LogP contribution >= 0.6 is 11.9 Å². The van der Waals surface area contributed by atoms with Gasteiger partial charge in [0.25, 0.3) is 5.91 Å². The summed E-state index contributed by atoms with van der Waals surface area (Å²) >= 11 is 1.35. The number of nitrogens with zero attached hydrogens (tertiary/aromatic N) is 2. The van der Waals surface area contributed by atoms with E-state index in [4.69, 9.17) is 33.5 Å². The molecule has 65 heavy (non-hydrogen) atoms. The number of carboxylic acids is 1. The fraction of sp³-hybridized carbons (Fsp3) is 0.542. The number of aromatic nitrogens is 2. The molecule has 1 unspecified atom stereocenters. The molecule has 1 heterocycles. The lowest BCUT2D eigenvalue weighted by Gasteiger charge is -2.30. The van der Waals surface area contributed by atoms with E-state index < -0.39 is 17.0 Å². The van der Waals surface area contributed by atoms with E-state index in [0.717, 1.165) is 49.2 Å². The molecule has 0 aliphatic rings. The van der Waals surface area contributed by atoms with E-state index in [9.17, 15) is 19.2 Å². The molecule has 360 valence electrons. The van der Waals surface area contributed by atoms with E-state index in [0.29, 0.717) is 24.0 Å². The van der Waals surface area contributed by atoms with E-state index in [1.165, 1.54) is 35.5 Å². The third-order valence-electron chi connectivity index (χ3n) is 9.21. The molecule has 0 radical (unpaired) electrons. The van der Waals surface area contributed by atoms with Crippen molar-refractivity contribution >= 4 is 41.6 Å². The van der Waals surface area contributed by atoms with Gasteiger partial charge >= 0.3 is 11.9 Å². The number of anilines is 1. The van der Waals surface area contributed by atoms with Gasteiger partial charge in [-0.05, 0) is 107 Å². The highest BCUT2D eigenvalue weighted by atomic mass is 32.2. The third-order valence-corrected chi connectivity index (χ3v) is 10.00. The van der Waals surface area contributed by atoms with Crippen molar-refractivity contribution in [1.82, 2.24) is 20.6 Å². The van der Waals surface area contributed by atoms with E-state index in [1.807, 2.05) is 58.9 Å². The number of carbonyl (C=O) groups is 4. The van der Waals surface area contributed by atoms with Crippen LogP contribution in [0.5, 0.6) is 5.75 Å². The van der Waals surface area contributed by atoms with Gasteiger partial charge in [-0.3, -0.25) is 19.1 Å². The maximum atomic E-state index is 12.6. The second-order valence-electron chi connectivity index (χ2n) is 16.7. The van der Waals surface area contributed by atoms with E-state index >= 15 is 0 Å². The Bertz CT molecular complexity index is 1810. The first-order valence-corrected chi connectivity index (χ1v) is 22.8. The first-order chi connectivity index (χ1) is 31.1. The molecule has 2 aromatic carbocycles. The van der Waals surface area contributed by atoms with E-state index in [1.54, 1.807) is 0 Å². The zero-order valence-corrected chi connectivity index (χ0v) is 39.9. The number of aryl methyl sites for hydroxylation is 1. The molecule has 0 saturated heterocycles. The molecule has 16 nitrogen and oxygen atoms in total.